The number of hydrogen-bond acceptors (Lipinski definition) is 3. The van der Waals surface area contributed by atoms with Crippen LogP contribution in [0.1, 0.15) is 5.56 Å². The van der Waals surface area contributed by atoms with Crippen LogP contribution in [0.5, 0.6) is 0 Å². The van der Waals surface area contributed by atoms with Gasteiger partial charge in [-0.3, -0.25) is 14.7 Å². The lowest BCUT2D eigenvalue weighted by Crippen LogP contribution is -2.25. The molecule has 1 rings (SSSR count). The first-order valence-electron chi connectivity index (χ1n) is 4.07. The van der Waals surface area contributed by atoms with Crippen molar-refractivity contribution in [2.45, 2.75) is 6.54 Å². The molecule has 1 N–H and O–H groups in total. The highest BCUT2D eigenvalue weighted by atomic mass is 19.1. The highest BCUT2D eigenvalue weighted by Gasteiger charge is 2.05. The molecule has 1 aromatic rings. The van der Waals surface area contributed by atoms with Crippen LogP contribution >= 0.6 is 0 Å². The number of halogens is 1. The second-order valence-electron chi connectivity index (χ2n) is 3.08. The average Bonchev–Trinajstić information content (AvgIpc) is 2.01. The van der Waals surface area contributed by atoms with Gasteiger partial charge in [-0.05, 0) is 18.7 Å². The van der Waals surface area contributed by atoms with Crippen LogP contribution in [0.15, 0.2) is 18.5 Å². The molecule has 4 nitrogen and oxygen atoms in total. The van der Waals surface area contributed by atoms with Crippen LogP contribution in [0.25, 0.3) is 0 Å². The fourth-order valence-electron chi connectivity index (χ4n) is 1.14. The van der Waals surface area contributed by atoms with Gasteiger partial charge in [0, 0.05) is 12.7 Å². The van der Waals surface area contributed by atoms with Gasteiger partial charge in [0.2, 0.25) is 0 Å². The summed E-state index contributed by atoms with van der Waals surface area (Å²) in [6, 6.07) is 1.34. The van der Waals surface area contributed by atoms with E-state index in [9.17, 15) is 9.18 Å². The standard InChI is InChI=1S/C9H11FN2O2/c1-12(6-9(13)14)5-7-2-8(10)4-11-3-7/h2-4H,5-6H2,1H3,(H,13,14). The number of nitrogens with zero attached hydrogens (tertiary/aromatic N) is 2. The summed E-state index contributed by atoms with van der Waals surface area (Å²) < 4.78 is 12.7. The van der Waals surface area contributed by atoms with Crippen molar-refractivity contribution in [1.82, 2.24) is 9.88 Å². The smallest absolute Gasteiger partial charge is 0.317 e. The molecule has 0 aromatic carbocycles. The Morgan fingerprint density at radius 2 is 2.36 bits per heavy atom. The Hall–Kier alpha value is -1.49. The van der Waals surface area contributed by atoms with E-state index in [4.69, 9.17) is 5.11 Å². The zero-order valence-electron chi connectivity index (χ0n) is 7.77. The van der Waals surface area contributed by atoms with Crippen molar-refractivity contribution in [3.8, 4) is 0 Å². The Labute approximate surface area is 81.0 Å². The first-order valence-corrected chi connectivity index (χ1v) is 4.07. The fourth-order valence-corrected chi connectivity index (χ4v) is 1.14. The number of aliphatic carboxylic acids is 1. The number of pyridine rings is 1. The average molecular weight is 198 g/mol. The Balaban J connectivity index is 2.55. The number of hydrogen-bond donors (Lipinski definition) is 1. The molecule has 0 spiro atoms. The van der Waals surface area contributed by atoms with E-state index in [0.717, 1.165) is 6.20 Å². The quantitative estimate of drug-likeness (QED) is 0.775. The minimum absolute atomic E-state index is 0.0729. The summed E-state index contributed by atoms with van der Waals surface area (Å²) in [5.74, 6) is -1.32. The molecule has 0 saturated heterocycles. The third kappa shape index (κ3) is 3.49. The number of aromatic nitrogens is 1. The zero-order chi connectivity index (χ0) is 10.6. The van der Waals surface area contributed by atoms with Crippen LogP contribution in [-0.4, -0.2) is 34.6 Å². The summed E-state index contributed by atoms with van der Waals surface area (Å²) in [5, 5.41) is 8.49. The lowest BCUT2D eigenvalue weighted by molar-refractivity contribution is -0.138. The second kappa shape index (κ2) is 4.66. The zero-order valence-corrected chi connectivity index (χ0v) is 7.77. The van der Waals surface area contributed by atoms with Crippen LogP contribution in [0.4, 0.5) is 4.39 Å². The van der Waals surface area contributed by atoms with E-state index < -0.39 is 11.8 Å². The molecule has 5 heteroatoms. The molecule has 0 aliphatic heterocycles. The molecule has 0 aliphatic rings. The van der Waals surface area contributed by atoms with Gasteiger partial charge >= 0.3 is 5.97 Å². The van der Waals surface area contributed by atoms with Gasteiger partial charge in [0.25, 0.3) is 0 Å². The van der Waals surface area contributed by atoms with Gasteiger partial charge in [-0.2, -0.15) is 0 Å². The van der Waals surface area contributed by atoms with Crippen molar-refractivity contribution in [2.75, 3.05) is 13.6 Å². The molecule has 14 heavy (non-hydrogen) atoms. The lowest BCUT2D eigenvalue weighted by Gasteiger charge is -2.13. The second-order valence-corrected chi connectivity index (χ2v) is 3.08. The maximum atomic E-state index is 12.7. The third-order valence-corrected chi connectivity index (χ3v) is 1.62. The van der Waals surface area contributed by atoms with Gasteiger partial charge in [0.05, 0.1) is 12.7 Å². The monoisotopic (exact) mass is 198 g/mol. The Kier molecular flexibility index (Phi) is 3.53. The van der Waals surface area contributed by atoms with Crippen molar-refractivity contribution >= 4 is 5.97 Å². The highest BCUT2D eigenvalue weighted by molar-refractivity contribution is 5.68. The minimum atomic E-state index is -0.906. The summed E-state index contributed by atoms with van der Waals surface area (Å²) in [6.45, 7) is 0.299. The van der Waals surface area contributed by atoms with E-state index in [1.165, 1.54) is 12.3 Å². The number of likely N-dealkylation sites (N-methyl/N-ethyl adjacent to an activating group) is 1. The molecule has 76 valence electrons. The SMILES string of the molecule is CN(CC(=O)O)Cc1cncc(F)c1. The maximum absolute atomic E-state index is 12.7. The van der Waals surface area contributed by atoms with Crippen molar-refractivity contribution in [3.63, 3.8) is 0 Å². The normalized spacial score (nSPS) is 10.5. The van der Waals surface area contributed by atoms with Crippen molar-refractivity contribution in [1.29, 1.82) is 0 Å². The molecule has 0 radical (unpaired) electrons. The molecular formula is C9H11FN2O2. The summed E-state index contributed by atoms with van der Waals surface area (Å²) >= 11 is 0. The third-order valence-electron chi connectivity index (χ3n) is 1.62. The number of rotatable bonds is 4. The van der Waals surface area contributed by atoms with Crippen molar-refractivity contribution < 1.29 is 14.3 Å². The molecule has 0 fully saturated rings. The Bertz CT molecular complexity index is 330. The minimum Gasteiger partial charge on any atom is -0.480 e. The van der Waals surface area contributed by atoms with Crippen molar-refractivity contribution in [2.24, 2.45) is 0 Å². The van der Waals surface area contributed by atoms with Crippen LogP contribution in [0.3, 0.4) is 0 Å². The molecule has 0 bridgehead atoms. The van der Waals surface area contributed by atoms with Gasteiger partial charge in [-0.25, -0.2) is 4.39 Å². The number of carboxylic acid groups (broad SMARTS) is 1. The number of carboxylic acids is 1. The lowest BCUT2D eigenvalue weighted by atomic mass is 10.2. The van der Waals surface area contributed by atoms with Gasteiger partial charge in [-0.15, -0.1) is 0 Å². The van der Waals surface area contributed by atoms with E-state index >= 15 is 0 Å². The van der Waals surface area contributed by atoms with Gasteiger partial charge in [0.15, 0.2) is 0 Å². The maximum Gasteiger partial charge on any atom is 0.317 e. The molecule has 0 aliphatic carbocycles. The van der Waals surface area contributed by atoms with Crippen LogP contribution in [0, 0.1) is 5.82 Å². The predicted molar refractivity (Wildman–Crippen MR) is 48.2 cm³/mol. The molecule has 0 unspecified atom stereocenters. The first kappa shape index (κ1) is 10.6. The summed E-state index contributed by atoms with van der Waals surface area (Å²) in [4.78, 5) is 15.6. The van der Waals surface area contributed by atoms with E-state index in [1.807, 2.05) is 0 Å². The van der Waals surface area contributed by atoms with Crippen molar-refractivity contribution in [3.05, 3.63) is 29.8 Å². The van der Waals surface area contributed by atoms with E-state index in [-0.39, 0.29) is 6.54 Å². The van der Waals surface area contributed by atoms with Gasteiger partial charge in [0.1, 0.15) is 5.82 Å². The van der Waals surface area contributed by atoms with Gasteiger partial charge in [-0.1, -0.05) is 0 Å². The van der Waals surface area contributed by atoms with Crippen LogP contribution in [0.2, 0.25) is 0 Å². The predicted octanol–water partition coefficient (Wildman–Crippen LogP) is 0.737. The number of carbonyl (C=O) groups is 1. The van der Waals surface area contributed by atoms with E-state index in [1.54, 1.807) is 11.9 Å². The van der Waals surface area contributed by atoms with Gasteiger partial charge < -0.3 is 5.11 Å². The topological polar surface area (TPSA) is 53.4 Å². The molecule has 0 amide bonds. The summed E-state index contributed by atoms with van der Waals surface area (Å²) in [6.07, 6.45) is 2.63. The molecule has 0 saturated carbocycles. The summed E-state index contributed by atoms with van der Waals surface area (Å²) in [7, 11) is 1.65. The largest absolute Gasteiger partial charge is 0.480 e. The molecular weight excluding hydrogens is 187 g/mol. The molecule has 1 aromatic heterocycles. The Morgan fingerprint density at radius 3 is 2.93 bits per heavy atom. The van der Waals surface area contributed by atoms with E-state index in [2.05, 4.69) is 4.98 Å². The van der Waals surface area contributed by atoms with Crippen LogP contribution in [-0.2, 0) is 11.3 Å². The van der Waals surface area contributed by atoms with E-state index in [0.29, 0.717) is 12.1 Å². The highest BCUT2D eigenvalue weighted by Crippen LogP contribution is 2.03. The Morgan fingerprint density at radius 1 is 1.64 bits per heavy atom. The molecule has 0 atom stereocenters. The summed E-state index contributed by atoms with van der Waals surface area (Å²) in [5.41, 5.74) is 0.661. The first-order chi connectivity index (χ1) is 6.58. The fraction of sp³-hybridized carbons (Fsp3) is 0.333. The molecule has 1 heterocycles. The van der Waals surface area contributed by atoms with Crippen LogP contribution < -0.4 is 0 Å².